The van der Waals surface area contributed by atoms with Crippen LogP contribution in [0.2, 0.25) is 0 Å². The van der Waals surface area contributed by atoms with Crippen molar-refractivity contribution in [2.45, 2.75) is 6.92 Å². The molecule has 80 valence electrons. The summed E-state index contributed by atoms with van der Waals surface area (Å²) in [6.07, 6.45) is 0. The van der Waals surface area contributed by atoms with Crippen molar-refractivity contribution >= 4 is 17.2 Å². The van der Waals surface area contributed by atoms with E-state index >= 15 is 0 Å². The zero-order chi connectivity index (χ0) is 11.3. The Morgan fingerprint density at radius 3 is 2.53 bits per heavy atom. The van der Waals surface area contributed by atoms with Crippen LogP contribution in [0.5, 0.6) is 5.75 Å². The third-order valence-electron chi connectivity index (χ3n) is 1.48. The van der Waals surface area contributed by atoms with Crippen molar-refractivity contribution < 1.29 is 13.2 Å². The van der Waals surface area contributed by atoms with E-state index in [1.807, 2.05) is 6.07 Å². The zero-order valence-corrected chi connectivity index (χ0v) is 9.04. The number of para-hydroxylation sites is 1. The Hall–Kier alpha value is -1.62. The number of nitrogens with one attached hydrogen (secondary N) is 1. The summed E-state index contributed by atoms with van der Waals surface area (Å²) >= 11 is -1.88. The van der Waals surface area contributed by atoms with Gasteiger partial charge in [-0.05, 0) is 19.1 Å². The van der Waals surface area contributed by atoms with Crippen LogP contribution in [-0.2, 0) is 16.1 Å². The molecule has 1 atom stereocenters. The molecular formula is C10H11NO3S. The molecule has 1 amide bonds. The summed E-state index contributed by atoms with van der Waals surface area (Å²) in [5.74, 6) is -0.0675. The Balaban J connectivity index is 2.51. The lowest BCUT2D eigenvalue weighted by Crippen LogP contribution is -2.28. The molecule has 0 bridgehead atoms. The highest BCUT2D eigenvalue weighted by Gasteiger charge is 2.07. The van der Waals surface area contributed by atoms with E-state index in [1.54, 1.807) is 24.3 Å². The topological polar surface area (TPSA) is 55.4 Å². The summed E-state index contributed by atoms with van der Waals surface area (Å²) < 4.78 is 18.3. The molecule has 0 aliphatic heterocycles. The highest BCUT2D eigenvalue weighted by molar-refractivity contribution is 7.79. The lowest BCUT2D eigenvalue weighted by atomic mass is 10.3. The molecule has 0 radical (unpaired) electrons. The second-order valence-electron chi connectivity index (χ2n) is 2.84. The molecular weight excluding hydrogens is 214 g/mol. The fourth-order valence-corrected chi connectivity index (χ4v) is 1.40. The van der Waals surface area contributed by atoms with Crippen molar-refractivity contribution in [3.05, 3.63) is 42.5 Å². The van der Waals surface area contributed by atoms with Crippen LogP contribution < -0.4 is 8.91 Å². The standard InChI is InChI=1S/C10H11NO3S/c1-8(2)10(12)11-15(13)14-9-6-4-3-5-7-9/h3-7H,1H2,2H3,(H,11,12). The lowest BCUT2D eigenvalue weighted by Gasteiger charge is -2.05. The smallest absolute Gasteiger partial charge is 0.318 e. The molecule has 0 saturated heterocycles. The molecule has 1 rings (SSSR count). The van der Waals surface area contributed by atoms with E-state index in [2.05, 4.69) is 11.3 Å². The molecule has 0 aromatic heterocycles. The number of rotatable bonds is 4. The molecule has 1 aromatic carbocycles. The van der Waals surface area contributed by atoms with Crippen LogP contribution in [0.15, 0.2) is 42.5 Å². The first kappa shape index (κ1) is 11.5. The normalized spacial score (nSPS) is 11.5. The monoisotopic (exact) mass is 225 g/mol. The average Bonchev–Trinajstić information content (AvgIpc) is 2.18. The third kappa shape index (κ3) is 3.95. The van der Waals surface area contributed by atoms with Crippen molar-refractivity contribution in [3.63, 3.8) is 0 Å². The van der Waals surface area contributed by atoms with Gasteiger partial charge in [0.15, 0.2) is 0 Å². The minimum Gasteiger partial charge on any atom is -0.385 e. The van der Waals surface area contributed by atoms with E-state index in [4.69, 9.17) is 4.18 Å². The Morgan fingerprint density at radius 1 is 1.40 bits per heavy atom. The predicted molar refractivity (Wildman–Crippen MR) is 58.2 cm³/mol. The molecule has 0 saturated carbocycles. The molecule has 4 nitrogen and oxygen atoms in total. The molecule has 1 N–H and O–H groups in total. The van der Waals surface area contributed by atoms with Crippen molar-refractivity contribution in [1.29, 1.82) is 0 Å². The van der Waals surface area contributed by atoms with Crippen LogP contribution in [0.1, 0.15) is 6.92 Å². The van der Waals surface area contributed by atoms with Crippen molar-refractivity contribution in [1.82, 2.24) is 4.72 Å². The van der Waals surface area contributed by atoms with Gasteiger partial charge in [0.05, 0.1) is 0 Å². The lowest BCUT2D eigenvalue weighted by molar-refractivity contribution is -0.115. The van der Waals surface area contributed by atoms with Gasteiger partial charge in [0.25, 0.3) is 5.91 Å². The summed E-state index contributed by atoms with van der Waals surface area (Å²) in [6.45, 7) is 4.94. The van der Waals surface area contributed by atoms with E-state index in [0.717, 1.165) is 0 Å². The first-order valence-electron chi connectivity index (χ1n) is 4.21. The van der Waals surface area contributed by atoms with Crippen LogP contribution in [0, 0.1) is 0 Å². The summed E-state index contributed by atoms with van der Waals surface area (Å²) in [4.78, 5) is 11.1. The van der Waals surface area contributed by atoms with Gasteiger partial charge in [-0.25, -0.2) is 4.72 Å². The fraction of sp³-hybridized carbons (Fsp3) is 0.100. The quantitative estimate of drug-likeness (QED) is 0.787. The third-order valence-corrected chi connectivity index (χ3v) is 2.17. The Labute approximate surface area is 90.7 Å². The Bertz CT molecular complexity index is 389. The minimum atomic E-state index is -1.88. The van der Waals surface area contributed by atoms with Gasteiger partial charge in [0, 0.05) is 5.57 Å². The fourth-order valence-electron chi connectivity index (χ4n) is 0.747. The van der Waals surface area contributed by atoms with Gasteiger partial charge >= 0.3 is 11.3 Å². The van der Waals surface area contributed by atoms with Crippen molar-refractivity contribution in [3.8, 4) is 5.75 Å². The van der Waals surface area contributed by atoms with Gasteiger partial charge < -0.3 is 4.18 Å². The summed E-state index contributed by atoms with van der Waals surface area (Å²) in [7, 11) is 0. The number of hydrogen-bond acceptors (Lipinski definition) is 3. The second-order valence-corrected chi connectivity index (χ2v) is 3.68. The molecule has 0 fully saturated rings. The molecule has 1 unspecified atom stereocenters. The number of hydrogen-bond donors (Lipinski definition) is 1. The first-order chi connectivity index (χ1) is 7.09. The summed E-state index contributed by atoms with van der Waals surface area (Å²) in [5, 5.41) is 0. The molecule has 5 heteroatoms. The van der Waals surface area contributed by atoms with E-state index in [0.29, 0.717) is 5.75 Å². The maximum absolute atomic E-state index is 11.2. The molecule has 0 aliphatic carbocycles. The maximum Gasteiger partial charge on any atom is 0.318 e. The van der Waals surface area contributed by atoms with E-state index in [1.165, 1.54) is 6.92 Å². The summed E-state index contributed by atoms with van der Waals surface area (Å²) in [5.41, 5.74) is 0.278. The van der Waals surface area contributed by atoms with Gasteiger partial charge in [0.2, 0.25) is 0 Å². The SMILES string of the molecule is C=C(C)C(=O)NS(=O)Oc1ccccc1. The van der Waals surface area contributed by atoms with E-state index in [9.17, 15) is 9.00 Å². The first-order valence-corrected chi connectivity index (χ1v) is 5.28. The zero-order valence-electron chi connectivity index (χ0n) is 8.23. The molecule has 0 heterocycles. The Kier molecular flexibility index (Phi) is 4.05. The number of carbonyl (C=O) groups excluding carboxylic acids is 1. The van der Waals surface area contributed by atoms with Crippen LogP contribution in [0.3, 0.4) is 0 Å². The number of carbonyl (C=O) groups is 1. The largest absolute Gasteiger partial charge is 0.385 e. The van der Waals surface area contributed by atoms with Gasteiger partial charge in [0.1, 0.15) is 5.75 Å². The van der Waals surface area contributed by atoms with Crippen LogP contribution in [0.25, 0.3) is 0 Å². The van der Waals surface area contributed by atoms with Crippen LogP contribution in [0.4, 0.5) is 0 Å². The number of amides is 1. The molecule has 0 spiro atoms. The van der Waals surface area contributed by atoms with Gasteiger partial charge in [-0.2, -0.15) is 4.21 Å². The Morgan fingerprint density at radius 2 is 2.00 bits per heavy atom. The molecule has 0 aliphatic rings. The highest BCUT2D eigenvalue weighted by atomic mass is 32.2. The van der Waals surface area contributed by atoms with Gasteiger partial charge in [-0.1, -0.05) is 24.8 Å². The molecule has 1 aromatic rings. The van der Waals surface area contributed by atoms with Crippen molar-refractivity contribution in [2.24, 2.45) is 0 Å². The second kappa shape index (κ2) is 5.31. The van der Waals surface area contributed by atoms with E-state index in [-0.39, 0.29) is 5.57 Å². The maximum atomic E-state index is 11.2. The summed E-state index contributed by atoms with van der Waals surface area (Å²) in [6, 6.07) is 8.58. The number of benzene rings is 1. The minimum absolute atomic E-state index is 0.278. The van der Waals surface area contributed by atoms with E-state index < -0.39 is 17.2 Å². The predicted octanol–water partition coefficient (Wildman–Crippen LogP) is 1.34. The van der Waals surface area contributed by atoms with Gasteiger partial charge in [-0.3, -0.25) is 4.79 Å². The van der Waals surface area contributed by atoms with Crippen LogP contribution in [-0.4, -0.2) is 10.1 Å². The van der Waals surface area contributed by atoms with Crippen LogP contribution >= 0.6 is 0 Å². The average molecular weight is 225 g/mol. The highest BCUT2D eigenvalue weighted by Crippen LogP contribution is 2.08. The van der Waals surface area contributed by atoms with Crippen molar-refractivity contribution in [2.75, 3.05) is 0 Å². The molecule has 15 heavy (non-hydrogen) atoms. The van der Waals surface area contributed by atoms with Gasteiger partial charge in [-0.15, -0.1) is 0 Å².